The lowest BCUT2D eigenvalue weighted by Crippen LogP contribution is -2.45. The molecular formula is C33H64N2O6P+. The zero-order valence-electron chi connectivity index (χ0n) is 27.5. The van der Waals surface area contributed by atoms with E-state index in [1.165, 1.54) is 51.4 Å². The molecule has 3 unspecified atom stereocenters. The number of unbranched alkanes of at least 4 members (excludes halogenated alkanes) is 11. The molecule has 246 valence electrons. The van der Waals surface area contributed by atoms with Gasteiger partial charge in [0.25, 0.3) is 0 Å². The van der Waals surface area contributed by atoms with Gasteiger partial charge in [0.1, 0.15) is 13.2 Å². The summed E-state index contributed by atoms with van der Waals surface area (Å²) in [5, 5.41) is 13.5. The molecule has 0 rings (SSSR count). The Balaban J connectivity index is 4.47. The Bertz CT molecular complexity index is 794. The number of amides is 1. The van der Waals surface area contributed by atoms with E-state index in [1.807, 2.05) is 27.2 Å². The van der Waals surface area contributed by atoms with E-state index in [2.05, 4.69) is 43.5 Å². The van der Waals surface area contributed by atoms with Gasteiger partial charge in [-0.3, -0.25) is 13.8 Å². The van der Waals surface area contributed by atoms with Crippen LogP contribution < -0.4 is 5.32 Å². The number of hydrogen-bond acceptors (Lipinski definition) is 5. The number of allylic oxidation sites excluding steroid dienone is 5. The van der Waals surface area contributed by atoms with Crippen molar-refractivity contribution in [1.82, 2.24) is 5.32 Å². The lowest BCUT2D eigenvalue weighted by Gasteiger charge is -2.25. The van der Waals surface area contributed by atoms with Crippen LogP contribution in [0.25, 0.3) is 0 Å². The second-order valence-electron chi connectivity index (χ2n) is 12.2. The number of rotatable bonds is 28. The summed E-state index contributed by atoms with van der Waals surface area (Å²) in [5.74, 6) is -0.220. The maximum Gasteiger partial charge on any atom is 0.472 e. The van der Waals surface area contributed by atoms with Gasteiger partial charge in [-0.2, -0.15) is 0 Å². The van der Waals surface area contributed by atoms with Gasteiger partial charge in [-0.15, -0.1) is 0 Å². The first kappa shape index (κ1) is 40.7. The average Bonchev–Trinajstić information content (AvgIpc) is 2.92. The van der Waals surface area contributed by atoms with Crippen molar-refractivity contribution >= 4 is 13.7 Å². The predicted octanol–water partition coefficient (Wildman–Crippen LogP) is 7.62. The molecule has 1 amide bonds. The Morgan fingerprint density at radius 3 is 1.90 bits per heavy atom. The summed E-state index contributed by atoms with van der Waals surface area (Å²) < 4.78 is 23.1. The van der Waals surface area contributed by atoms with Crippen LogP contribution in [0.1, 0.15) is 117 Å². The molecular weight excluding hydrogens is 551 g/mol. The fraction of sp³-hybridized carbons (Fsp3) is 0.788. The third-order valence-electron chi connectivity index (χ3n) is 6.84. The van der Waals surface area contributed by atoms with Gasteiger partial charge in [0.05, 0.1) is 39.9 Å². The predicted molar refractivity (Wildman–Crippen MR) is 175 cm³/mol. The van der Waals surface area contributed by atoms with Gasteiger partial charge in [-0.1, -0.05) is 102 Å². The molecule has 42 heavy (non-hydrogen) atoms. The number of carbonyl (C=O) groups excluding carboxylic acids is 1. The highest BCUT2D eigenvalue weighted by molar-refractivity contribution is 7.47. The Morgan fingerprint density at radius 1 is 0.786 bits per heavy atom. The zero-order chi connectivity index (χ0) is 31.5. The topological polar surface area (TPSA) is 105 Å². The summed E-state index contributed by atoms with van der Waals surface area (Å²) in [4.78, 5) is 22.5. The summed E-state index contributed by atoms with van der Waals surface area (Å²) in [7, 11) is 1.53. The van der Waals surface area contributed by atoms with E-state index in [9.17, 15) is 19.4 Å². The normalized spacial score (nSPS) is 15.5. The van der Waals surface area contributed by atoms with Gasteiger partial charge in [0.2, 0.25) is 5.91 Å². The van der Waals surface area contributed by atoms with Crippen molar-refractivity contribution in [3.63, 3.8) is 0 Å². The van der Waals surface area contributed by atoms with Crippen LogP contribution in [0.4, 0.5) is 0 Å². The molecule has 9 heteroatoms. The summed E-state index contributed by atoms with van der Waals surface area (Å²) in [6, 6.07) is -0.860. The first-order valence-corrected chi connectivity index (χ1v) is 17.9. The summed E-state index contributed by atoms with van der Waals surface area (Å²) >= 11 is 0. The van der Waals surface area contributed by atoms with Gasteiger partial charge < -0.3 is 19.8 Å². The van der Waals surface area contributed by atoms with Crippen LogP contribution in [0.3, 0.4) is 0 Å². The van der Waals surface area contributed by atoms with Crippen LogP contribution in [0.15, 0.2) is 36.5 Å². The largest absolute Gasteiger partial charge is 0.472 e. The minimum absolute atomic E-state index is 0.0524. The van der Waals surface area contributed by atoms with E-state index in [0.29, 0.717) is 17.4 Å². The summed E-state index contributed by atoms with van der Waals surface area (Å²) in [5.41, 5.74) is 0. The van der Waals surface area contributed by atoms with E-state index in [1.54, 1.807) is 6.08 Å². The van der Waals surface area contributed by atoms with Crippen LogP contribution in [-0.2, 0) is 18.4 Å². The molecule has 3 N–H and O–H groups in total. The van der Waals surface area contributed by atoms with Crippen molar-refractivity contribution in [2.45, 2.75) is 129 Å². The third kappa shape index (κ3) is 27.5. The highest BCUT2D eigenvalue weighted by Gasteiger charge is 2.27. The Kier molecular flexibility index (Phi) is 25.4. The zero-order valence-corrected chi connectivity index (χ0v) is 28.4. The van der Waals surface area contributed by atoms with Gasteiger partial charge in [0.15, 0.2) is 0 Å². The SMILES string of the molecule is CCCCCCCCC/C=C/CC/C=C/CC/C=C/C(O)C(COP(=O)(O)OCC[N+](C)(C)C)NC(=O)CCCCC. The average molecular weight is 616 g/mol. The fourth-order valence-electron chi connectivity index (χ4n) is 4.13. The molecule has 0 fully saturated rings. The number of hydrogen-bond donors (Lipinski definition) is 3. The van der Waals surface area contributed by atoms with Crippen molar-refractivity contribution in [2.24, 2.45) is 0 Å². The number of aliphatic hydroxyl groups excluding tert-OH is 1. The summed E-state index contributed by atoms with van der Waals surface area (Å²) in [6.07, 6.45) is 28.6. The first-order chi connectivity index (χ1) is 20.0. The van der Waals surface area contributed by atoms with Crippen molar-refractivity contribution in [2.75, 3.05) is 40.9 Å². The quantitative estimate of drug-likeness (QED) is 0.0362. The molecule has 0 saturated carbocycles. The van der Waals surface area contributed by atoms with Crippen molar-refractivity contribution in [3.8, 4) is 0 Å². The van der Waals surface area contributed by atoms with Gasteiger partial charge in [-0.05, 0) is 44.9 Å². The lowest BCUT2D eigenvalue weighted by atomic mass is 10.1. The molecule has 0 saturated heterocycles. The van der Waals surface area contributed by atoms with Crippen molar-refractivity contribution in [3.05, 3.63) is 36.5 Å². The number of likely N-dealkylation sites (N-methyl/N-ethyl adjacent to an activating group) is 1. The van der Waals surface area contributed by atoms with E-state index >= 15 is 0 Å². The van der Waals surface area contributed by atoms with Crippen LogP contribution in [0, 0.1) is 0 Å². The van der Waals surface area contributed by atoms with Crippen LogP contribution in [0.2, 0.25) is 0 Å². The highest BCUT2D eigenvalue weighted by atomic mass is 31.2. The molecule has 0 radical (unpaired) electrons. The molecule has 0 bridgehead atoms. The number of aliphatic hydroxyl groups is 1. The van der Waals surface area contributed by atoms with Crippen molar-refractivity contribution < 1.29 is 32.9 Å². The van der Waals surface area contributed by atoms with Crippen molar-refractivity contribution in [1.29, 1.82) is 0 Å². The maximum absolute atomic E-state index is 12.4. The first-order valence-electron chi connectivity index (χ1n) is 16.4. The molecule has 0 aliphatic carbocycles. The van der Waals surface area contributed by atoms with E-state index in [4.69, 9.17) is 9.05 Å². The molecule has 0 heterocycles. The van der Waals surface area contributed by atoms with E-state index < -0.39 is 20.0 Å². The number of nitrogens with one attached hydrogen (secondary N) is 1. The van der Waals surface area contributed by atoms with E-state index in [-0.39, 0.29) is 19.1 Å². The Hall–Kier alpha value is -1.28. The monoisotopic (exact) mass is 615 g/mol. The summed E-state index contributed by atoms with van der Waals surface area (Å²) in [6.45, 7) is 4.56. The van der Waals surface area contributed by atoms with Crippen LogP contribution >= 0.6 is 7.82 Å². The van der Waals surface area contributed by atoms with Gasteiger partial charge >= 0.3 is 7.82 Å². The second-order valence-corrected chi connectivity index (χ2v) is 13.6. The minimum Gasteiger partial charge on any atom is -0.387 e. The molecule has 0 aromatic carbocycles. The fourth-order valence-corrected chi connectivity index (χ4v) is 4.86. The number of phosphoric ester groups is 1. The minimum atomic E-state index is -4.32. The molecule has 8 nitrogen and oxygen atoms in total. The van der Waals surface area contributed by atoms with Gasteiger partial charge in [0, 0.05) is 6.42 Å². The number of quaternary nitrogens is 1. The number of phosphoric acid groups is 1. The molecule has 0 aromatic rings. The third-order valence-corrected chi connectivity index (χ3v) is 7.82. The highest BCUT2D eigenvalue weighted by Crippen LogP contribution is 2.43. The maximum atomic E-state index is 12.4. The molecule has 0 spiro atoms. The Labute approximate surface area is 257 Å². The van der Waals surface area contributed by atoms with Crippen LogP contribution in [0.5, 0.6) is 0 Å². The molecule has 0 aromatic heterocycles. The number of nitrogens with zero attached hydrogens (tertiary/aromatic N) is 1. The number of carbonyl (C=O) groups is 1. The molecule has 0 aliphatic rings. The van der Waals surface area contributed by atoms with Gasteiger partial charge in [-0.25, -0.2) is 4.57 Å². The standard InChI is InChI=1S/C33H63N2O6P/c1-6-8-10-11-12-13-14-15-16-17-18-19-20-21-22-23-25-26-32(36)31(34-33(37)27-24-9-7-2)30-41-42(38,39)40-29-28-35(3,4)5/h16-17,20-21,25-26,31-32,36H,6-15,18-19,22-24,27-30H2,1-5H3,(H-,34,37,38,39)/p+1/b17-16+,21-20+,26-25+. The lowest BCUT2D eigenvalue weighted by molar-refractivity contribution is -0.870. The van der Waals surface area contributed by atoms with Crippen LogP contribution in [-0.4, -0.2) is 73.4 Å². The van der Waals surface area contributed by atoms with E-state index in [0.717, 1.165) is 44.9 Å². The molecule has 0 aliphatic heterocycles. The second kappa shape index (κ2) is 26.2. The Morgan fingerprint density at radius 2 is 1.31 bits per heavy atom. The molecule has 3 atom stereocenters. The smallest absolute Gasteiger partial charge is 0.387 e.